The summed E-state index contributed by atoms with van der Waals surface area (Å²) >= 11 is 0. The van der Waals surface area contributed by atoms with Crippen molar-refractivity contribution >= 4 is 11.8 Å². The van der Waals surface area contributed by atoms with E-state index in [0.29, 0.717) is 12.1 Å². The van der Waals surface area contributed by atoms with Crippen molar-refractivity contribution in [2.24, 2.45) is 5.92 Å². The Balaban J connectivity index is 2.16. The zero-order chi connectivity index (χ0) is 21.1. The van der Waals surface area contributed by atoms with E-state index in [1.54, 1.807) is 0 Å². The molecule has 1 aliphatic rings. The van der Waals surface area contributed by atoms with Crippen LogP contribution >= 0.6 is 0 Å². The maximum atomic E-state index is 12.9. The first kappa shape index (κ1) is 22.0. The largest absolute Gasteiger partial charge is 0.416 e. The topological polar surface area (TPSA) is 58.6 Å². The summed E-state index contributed by atoms with van der Waals surface area (Å²) in [6.07, 6.45) is -10.1. The zero-order valence-electron chi connectivity index (χ0n) is 14.8. The van der Waals surface area contributed by atoms with Crippen molar-refractivity contribution in [3.05, 3.63) is 34.9 Å². The molecule has 11 heteroatoms. The fraction of sp³-hybridized carbons (Fsp3) is 0.529. The molecule has 1 heterocycles. The summed E-state index contributed by atoms with van der Waals surface area (Å²) in [7, 11) is 1.44. The number of carbonyl (C=O) groups excluding carboxylic acids is 2. The molecule has 2 amide bonds. The van der Waals surface area contributed by atoms with Gasteiger partial charge >= 0.3 is 12.4 Å². The van der Waals surface area contributed by atoms with Crippen molar-refractivity contribution in [1.29, 1.82) is 0 Å². The highest BCUT2D eigenvalue weighted by atomic mass is 19.4. The lowest BCUT2D eigenvalue weighted by molar-refractivity contribution is -0.143. The van der Waals surface area contributed by atoms with Crippen molar-refractivity contribution in [3.8, 4) is 0 Å². The molecule has 0 aliphatic carbocycles. The highest BCUT2D eigenvalue weighted by molar-refractivity contribution is 5.89. The fourth-order valence-corrected chi connectivity index (χ4v) is 2.85. The van der Waals surface area contributed by atoms with Crippen LogP contribution in [0.4, 0.5) is 26.3 Å². The number of amides is 2. The SMILES string of the molecule is COCCNC(=O)[C@@H]1CC(=O)N(Cc2cc(C(F)(F)F)cc(C(F)(F)F)c2)C1. The van der Waals surface area contributed by atoms with Crippen LogP contribution in [0.1, 0.15) is 23.1 Å². The van der Waals surface area contributed by atoms with E-state index in [2.05, 4.69) is 5.32 Å². The second kappa shape index (κ2) is 8.38. The van der Waals surface area contributed by atoms with E-state index in [-0.39, 0.29) is 37.7 Å². The van der Waals surface area contributed by atoms with Gasteiger partial charge in [-0.15, -0.1) is 0 Å². The maximum Gasteiger partial charge on any atom is 0.416 e. The molecule has 28 heavy (non-hydrogen) atoms. The van der Waals surface area contributed by atoms with Gasteiger partial charge in [0.2, 0.25) is 11.8 Å². The Morgan fingerprint density at radius 1 is 1.14 bits per heavy atom. The van der Waals surface area contributed by atoms with E-state index >= 15 is 0 Å². The lowest BCUT2D eigenvalue weighted by Gasteiger charge is -2.19. The third-order valence-corrected chi connectivity index (χ3v) is 4.21. The summed E-state index contributed by atoms with van der Waals surface area (Å²) < 4.78 is 82.4. The molecule has 0 unspecified atom stereocenters. The average molecular weight is 412 g/mol. The Morgan fingerprint density at radius 3 is 2.21 bits per heavy atom. The summed E-state index contributed by atoms with van der Waals surface area (Å²) in [6, 6.07) is 1.18. The van der Waals surface area contributed by atoms with E-state index < -0.39 is 47.8 Å². The van der Waals surface area contributed by atoms with Gasteiger partial charge in [-0.3, -0.25) is 9.59 Å². The van der Waals surface area contributed by atoms with Crippen LogP contribution in [0, 0.1) is 5.92 Å². The van der Waals surface area contributed by atoms with Gasteiger partial charge in [-0.05, 0) is 23.8 Å². The first-order valence-electron chi connectivity index (χ1n) is 8.24. The summed E-state index contributed by atoms with van der Waals surface area (Å²) in [5, 5.41) is 2.55. The van der Waals surface area contributed by atoms with E-state index in [0.717, 1.165) is 4.90 Å². The standard InChI is InChI=1S/C17H18F6N2O3/c1-28-3-2-24-15(27)11-6-14(26)25(9-11)8-10-4-12(16(18,19)20)7-13(5-10)17(21,22)23/h4-5,7,11H,2-3,6,8-9H2,1H3,(H,24,27)/t11-/m1/s1. The fourth-order valence-electron chi connectivity index (χ4n) is 2.85. The van der Waals surface area contributed by atoms with Gasteiger partial charge in [-0.2, -0.15) is 26.3 Å². The van der Waals surface area contributed by atoms with Crippen LogP contribution in [-0.4, -0.2) is 43.5 Å². The summed E-state index contributed by atoms with van der Waals surface area (Å²) in [5.74, 6) is -1.66. The van der Waals surface area contributed by atoms with E-state index in [4.69, 9.17) is 4.74 Å². The number of rotatable bonds is 6. The van der Waals surface area contributed by atoms with Crippen LogP contribution in [0.25, 0.3) is 0 Å². The average Bonchev–Trinajstić information content (AvgIpc) is 2.94. The normalized spacial score (nSPS) is 17.9. The third-order valence-electron chi connectivity index (χ3n) is 4.21. The molecule has 1 atom stereocenters. The maximum absolute atomic E-state index is 12.9. The molecule has 0 aromatic heterocycles. The number of carbonyl (C=O) groups is 2. The lowest BCUT2D eigenvalue weighted by atomic mass is 10.0. The molecule has 156 valence electrons. The number of halogens is 6. The smallest absolute Gasteiger partial charge is 0.383 e. The van der Waals surface area contributed by atoms with Gasteiger partial charge in [0.05, 0.1) is 23.7 Å². The van der Waals surface area contributed by atoms with E-state index in [9.17, 15) is 35.9 Å². The van der Waals surface area contributed by atoms with Crippen LogP contribution in [-0.2, 0) is 33.2 Å². The van der Waals surface area contributed by atoms with Crippen molar-refractivity contribution in [3.63, 3.8) is 0 Å². The molecule has 0 bridgehead atoms. The quantitative estimate of drug-likeness (QED) is 0.578. The molecule has 1 aromatic rings. The van der Waals surface area contributed by atoms with Crippen molar-refractivity contribution < 1.29 is 40.7 Å². The monoisotopic (exact) mass is 412 g/mol. The van der Waals surface area contributed by atoms with Gasteiger partial charge in [0, 0.05) is 33.2 Å². The van der Waals surface area contributed by atoms with Crippen LogP contribution in [0.5, 0.6) is 0 Å². The molecular formula is C17H18F6N2O3. The Kier molecular flexibility index (Phi) is 6.58. The minimum atomic E-state index is -4.96. The second-order valence-electron chi connectivity index (χ2n) is 6.37. The Labute approximate surface area is 156 Å². The van der Waals surface area contributed by atoms with Gasteiger partial charge in [0.15, 0.2) is 0 Å². The van der Waals surface area contributed by atoms with Gasteiger partial charge in [0.1, 0.15) is 0 Å². The van der Waals surface area contributed by atoms with Gasteiger partial charge in [-0.1, -0.05) is 0 Å². The number of ether oxygens (including phenoxy) is 1. The molecule has 1 aromatic carbocycles. The minimum absolute atomic E-state index is 0.0291. The molecule has 1 fully saturated rings. The number of methoxy groups -OCH3 is 1. The van der Waals surface area contributed by atoms with E-state index in [1.807, 2.05) is 0 Å². The molecule has 5 nitrogen and oxygen atoms in total. The van der Waals surface area contributed by atoms with Crippen LogP contribution in [0.15, 0.2) is 18.2 Å². The van der Waals surface area contributed by atoms with Crippen molar-refractivity contribution in [1.82, 2.24) is 10.2 Å². The van der Waals surface area contributed by atoms with Gasteiger partial charge in [0.25, 0.3) is 0 Å². The first-order chi connectivity index (χ1) is 12.9. The molecule has 0 spiro atoms. The number of hydrogen-bond donors (Lipinski definition) is 1. The summed E-state index contributed by atoms with van der Waals surface area (Å²) in [4.78, 5) is 25.1. The summed E-state index contributed by atoms with van der Waals surface area (Å²) in [6.45, 7) is -0.0495. The van der Waals surface area contributed by atoms with Gasteiger partial charge < -0.3 is 15.0 Å². The first-order valence-corrected chi connectivity index (χ1v) is 8.24. The van der Waals surface area contributed by atoms with Crippen LogP contribution in [0.2, 0.25) is 0 Å². The lowest BCUT2D eigenvalue weighted by Crippen LogP contribution is -2.34. The molecule has 1 aliphatic heterocycles. The van der Waals surface area contributed by atoms with Crippen LogP contribution in [0.3, 0.4) is 0 Å². The molecule has 0 saturated carbocycles. The number of benzene rings is 1. The molecule has 0 radical (unpaired) electrons. The van der Waals surface area contributed by atoms with E-state index in [1.165, 1.54) is 7.11 Å². The van der Waals surface area contributed by atoms with Crippen LogP contribution < -0.4 is 5.32 Å². The zero-order valence-corrected chi connectivity index (χ0v) is 14.8. The Morgan fingerprint density at radius 2 is 1.71 bits per heavy atom. The highest BCUT2D eigenvalue weighted by Gasteiger charge is 2.38. The predicted molar refractivity (Wildman–Crippen MR) is 84.9 cm³/mol. The number of hydrogen-bond acceptors (Lipinski definition) is 3. The Bertz CT molecular complexity index is 700. The molecule has 2 rings (SSSR count). The molecular weight excluding hydrogens is 394 g/mol. The third kappa shape index (κ3) is 5.60. The highest BCUT2D eigenvalue weighted by Crippen LogP contribution is 2.36. The second-order valence-corrected chi connectivity index (χ2v) is 6.37. The number of nitrogens with one attached hydrogen (secondary N) is 1. The van der Waals surface area contributed by atoms with Gasteiger partial charge in [-0.25, -0.2) is 0 Å². The number of alkyl halides is 6. The minimum Gasteiger partial charge on any atom is -0.383 e. The predicted octanol–water partition coefficient (Wildman–Crippen LogP) is 2.84. The number of likely N-dealkylation sites (tertiary alicyclic amines) is 1. The molecule has 1 N–H and O–H groups in total. The molecule has 1 saturated heterocycles. The number of nitrogens with zero attached hydrogens (tertiary/aromatic N) is 1. The van der Waals surface area contributed by atoms with Crippen molar-refractivity contribution in [2.45, 2.75) is 25.3 Å². The Hall–Kier alpha value is -2.30. The summed E-state index contributed by atoms with van der Waals surface area (Å²) in [5.41, 5.74) is -3.20. The van der Waals surface area contributed by atoms with Crippen molar-refractivity contribution in [2.75, 3.05) is 26.8 Å².